The maximum absolute atomic E-state index is 12.3. The molecule has 0 spiro atoms. The summed E-state index contributed by atoms with van der Waals surface area (Å²) in [5.41, 5.74) is 0.930. The molecule has 3 rings (SSSR count). The molecule has 1 aromatic rings. The summed E-state index contributed by atoms with van der Waals surface area (Å²) < 4.78 is 5.28. The number of ether oxygens (including phenoxy) is 1. The molecule has 2 heterocycles. The van der Waals surface area contributed by atoms with Crippen LogP contribution >= 0.6 is 11.6 Å². The van der Waals surface area contributed by atoms with Crippen molar-refractivity contribution in [3.63, 3.8) is 0 Å². The van der Waals surface area contributed by atoms with Gasteiger partial charge < -0.3 is 15.0 Å². The van der Waals surface area contributed by atoms with Crippen molar-refractivity contribution < 1.29 is 14.3 Å². The van der Waals surface area contributed by atoms with Gasteiger partial charge in [0.1, 0.15) is 0 Å². The van der Waals surface area contributed by atoms with Crippen molar-refractivity contribution in [1.29, 1.82) is 0 Å². The number of likely N-dealkylation sites (tertiary alicyclic amines) is 1. The highest BCUT2D eigenvalue weighted by Gasteiger charge is 2.32. The summed E-state index contributed by atoms with van der Waals surface area (Å²) in [5.74, 6) is 0.115. The topological polar surface area (TPSA) is 58.6 Å². The number of nitrogens with one attached hydrogen (secondary N) is 1. The average Bonchev–Trinajstić information content (AvgIpc) is 2.90. The van der Waals surface area contributed by atoms with Crippen LogP contribution in [0.3, 0.4) is 0 Å². The van der Waals surface area contributed by atoms with E-state index in [9.17, 15) is 9.59 Å². The lowest BCUT2D eigenvalue weighted by Gasteiger charge is -2.23. The molecule has 0 aliphatic carbocycles. The van der Waals surface area contributed by atoms with E-state index in [-0.39, 0.29) is 23.8 Å². The molecule has 2 aliphatic rings. The highest BCUT2D eigenvalue weighted by molar-refractivity contribution is 6.31. The van der Waals surface area contributed by atoms with Crippen LogP contribution in [0.25, 0.3) is 0 Å². The fourth-order valence-electron chi connectivity index (χ4n) is 3.13. The minimum atomic E-state index is -0.111. The second-order valence-corrected chi connectivity index (χ2v) is 6.57. The smallest absolute Gasteiger partial charge is 0.225 e. The fraction of sp³-hybridized carbons (Fsp3) is 0.529. The van der Waals surface area contributed by atoms with E-state index in [1.54, 1.807) is 4.90 Å². The van der Waals surface area contributed by atoms with Gasteiger partial charge in [-0.15, -0.1) is 0 Å². The predicted molar refractivity (Wildman–Crippen MR) is 87.0 cm³/mol. The Labute approximate surface area is 140 Å². The van der Waals surface area contributed by atoms with E-state index in [2.05, 4.69) is 5.32 Å². The van der Waals surface area contributed by atoms with E-state index in [4.69, 9.17) is 16.3 Å². The molecule has 5 nitrogen and oxygen atoms in total. The van der Waals surface area contributed by atoms with Crippen LogP contribution in [0.5, 0.6) is 0 Å². The normalized spacial score (nSPS) is 22.4. The second-order valence-electron chi connectivity index (χ2n) is 6.16. The van der Waals surface area contributed by atoms with E-state index in [0.29, 0.717) is 37.7 Å². The maximum atomic E-state index is 12.3. The first-order valence-electron chi connectivity index (χ1n) is 8.03. The molecule has 0 aromatic heterocycles. The van der Waals surface area contributed by atoms with Gasteiger partial charge in [0.25, 0.3) is 0 Å². The lowest BCUT2D eigenvalue weighted by Crippen LogP contribution is -2.42. The Kier molecular flexibility index (Phi) is 5.18. The number of carbonyl (C=O) groups excluding carboxylic acids is 2. The van der Waals surface area contributed by atoms with Gasteiger partial charge in [0.05, 0.1) is 6.04 Å². The SMILES string of the molecule is O=C(N[C@H]1CC(=O)N(Cc2ccccc2Cl)C1)C1CCOCC1. The number of hydrogen-bond acceptors (Lipinski definition) is 3. The minimum Gasteiger partial charge on any atom is -0.381 e. The lowest BCUT2D eigenvalue weighted by molar-refractivity contribution is -0.128. The van der Waals surface area contributed by atoms with Crippen LogP contribution in [0.1, 0.15) is 24.8 Å². The zero-order valence-electron chi connectivity index (χ0n) is 13.0. The van der Waals surface area contributed by atoms with E-state index in [1.165, 1.54) is 0 Å². The summed E-state index contributed by atoms with van der Waals surface area (Å²) in [6, 6.07) is 7.41. The zero-order chi connectivity index (χ0) is 16.2. The van der Waals surface area contributed by atoms with Crippen LogP contribution in [0.15, 0.2) is 24.3 Å². The van der Waals surface area contributed by atoms with Crippen LogP contribution in [-0.4, -0.2) is 42.5 Å². The van der Waals surface area contributed by atoms with Gasteiger partial charge in [-0.05, 0) is 24.5 Å². The zero-order valence-corrected chi connectivity index (χ0v) is 13.7. The molecule has 1 aromatic carbocycles. The summed E-state index contributed by atoms with van der Waals surface area (Å²) in [6.45, 7) is 2.31. The molecule has 2 aliphatic heterocycles. The van der Waals surface area contributed by atoms with Crippen LogP contribution in [0.2, 0.25) is 5.02 Å². The van der Waals surface area contributed by atoms with Gasteiger partial charge in [-0.1, -0.05) is 29.8 Å². The maximum Gasteiger partial charge on any atom is 0.225 e. The number of nitrogens with zero attached hydrogens (tertiary/aromatic N) is 1. The van der Waals surface area contributed by atoms with Crippen LogP contribution < -0.4 is 5.32 Å². The Morgan fingerprint density at radius 1 is 1.30 bits per heavy atom. The van der Waals surface area contributed by atoms with Gasteiger partial charge in [0.2, 0.25) is 11.8 Å². The average molecular weight is 337 g/mol. The largest absolute Gasteiger partial charge is 0.381 e. The summed E-state index contributed by atoms with van der Waals surface area (Å²) >= 11 is 6.15. The third kappa shape index (κ3) is 4.03. The minimum absolute atomic E-state index is 0.0106. The van der Waals surface area contributed by atoms with Crippen molar-refractivity contribution in [2.45, 2.75) is 31.8 Å². The summed E-state index contributed by atoms with van der Waals surface area (Å²) in [4.78, 5) is 26.2. The molecule has 23 heavy (non-hydrogen) atoms. The van der Waals surface area contributed by atoms with Crippen LogP contribution in [0, 0.1) is 5.92 Å². The van der Waals surface area contributed by atoms with E-state index < -0.39 is 0 Å². The summed E-state index contributed by atoms with van der Waals surface area (Å²) in [6.07, 6.45) is 1.88. The molecule has 0 unspecified atom stereocenters. The molecule has 1 N–H and O–H groups in total. The Morgan fingerprint density at radius 3 is 2.78 bits per heavy atom. The molecule has 124 valence electrons. The van der Waals surface area contributed by atoms with Gasteiger partial charge in [-0.25, -0.2) is 0 Å². The van der Waals surface area contributed by atoms with Crippen molar-refractivity contribution in [1.82, 2.24) is 10.2 Å². The van der Waals surface area contributed by atoms with Crippen molar-refractivity contribution in [3.05, 3.63) is 34.9 Å². The molecule has 1 atom stereocenters. The molecular formula is C17H21ClN2O3. The summed E-state index contributed by atoms with van der Waals surface area (Å²) in [7, 11) is 0. The Morgan fingerprint density at radius 2 is 2.04 bits per heavy atom. The van der Waals surface area contributed by atoms with Gasteiger partial charge in [0.15, 0.2) is 0 Å². The second kappa shape index (κ2) is 7.32. The van der Waals surface area contributed by atoms with Crippen molar-refractivity contribution in [2.24, 2.45) is 5.92 Å². The molecule has 2 fully saturated rings. The molecule has 6 heteroatoms. The van der Waals surface area contributed by atoms with Crippen molar-refractivity contribution in [3.8, 4) is 0 Å². The first-order chi connectivity index (χ1) is 11.1. The molecule has 0 saturated carbocycles. The molecule has 2 saturated heterocycles. The molecule has 0 bridgehead atoms. The van der Waals surface area contributed by atoms with Gasteiger partial charge >= 0.3 is 0 Å². The first kappa shape index (κ1) is 16.3. The van der Waals surface area contributed by atoms with Crippen molar-refractivity contribution >= 4 is 23.4 Å². The monoisotopic (exact) mass is 336 g/mol. The molecular weight excluding hydrogens is 316 g/mol. The first-order valence-corrected chi connectivity index (χ1v) is 8.40. The Hall–Kier alpha value is -1.59. The number of hydrogen-bond donors (Lipinski definition) is 1. The predicted octanol–water partition coefficient (Wildman–Crippen LogP) is 1.98. The third-order valence-corrected chi connectivity index (χ3v) is 4.84. The number of carbonyl (C=O) groups is 2. The number of halogens is 1. The van der Waals surface area contributed by atoms with E-state index in [1.807, 2.05) is 24.3 Å². The quantitative estimate of drug-likeness (QED) is 0.914. The highest BCUT2D eigenvalue weighted by Crippen LogP contribution is 2.21. The number of amides is 2. The van der Waals surface area contributed by atoms with Gasteiger partial charge in [-0.2, -0.15) is 0 Å². The lowest BCUT2D eigenvalue weighted by atomic mass is 9.99. The van der Waals surface area contributed by atoms with Crippen molar-refractivity contribution in [2.75, 3.05) is 19.8 Å². The van der Waals surface area contributed by atoms with E-state index in [0.717, 1.165) is 18.4 Å². The van der Waals surface area contributed by atoms with Crippen LogP contribution in [0.4, 0.5) is 0 Å². The Bertz CT molecular complexity index is 587. The highest BCUT2D eigenvalue weighted by atomic mass is 35.5. The molecule has 2 amide bonds. The number of rotatable bonds is 4. The summed E-state index contributed by atoms with van der Waals surface area (Å²) in [5, 5.41) is 3.68. The van der Waals surface area contributed by atoms with Gasteiger partial charge in [0, 0.05) is 43.7 Å². The molecule has 0 radical (unpaired) electrons. The van der Waals surface area contributed by atoms with Gasteiger partial charge in [-0.3, -0.25) is 9.59 Å². The van der Waals surface area contributed by atoms with E-state index >= 15 is 0 Å². The standard InChI is InChI=1S/C17H21ClN2O3/c18-15-4-2-1-3-13(15)10-20-11-14(9-16(20)21)19-17(22)12-5-7-23-8-6-12/h1-4,12,14H,5-11H2,(H,19,22)/t14-/m0/s1. The van der Waals surface area contributed by atoms with Crippen LogP contribution in [-0.2, 0) is 20.9 Å². The fourth-order valence-corrected chi connectivity index (χ4v) is 3.33. The number of benzene rings is 1. The Balaban J connectivity index is 1.55. The third-order valence-electron chi connectivity index (χ3n) is 4.47.